The number of halogens is 2. The Hall–Kier alpha value is -2.91. The third-order valence-electron chi connectivity index (χ3n) is 3.80. The summed E-state index contributed by atoms with van der Waals surface area (Å²) in [6.07, 6.45) is -0.313. The van der Waals surface area contributed by atoms with E-state index in [1.54, 1.807) is 37.3 Å². The Morgan fingerprint density at radius 2 is 1.55 bits per heavy atom. The Morgan fingerprint density at radius 3 is 2.19 bits per heavy atom. The van der Waals surface area contributed by atoms with Crippen molar-refractivity contribution < 1.29 is 28.7 Å². The molecule has 0 radical (unpaired) electrons. The lowest BCUT2D eigenvalue weighted by atomic mass is 10.2. The van der Waals surface area contributed by atoms with Gasteiger partial charge in [-0.3, -0.25) is 14.4 Å². The van der Waals surface area contributed by atoms with Gasteiger partial charge in [-0.25, -0.2) is 4.79 Å². The molecule has 0 unspecified atom stereocenters. The third-order valence-corrected chi connectivity index (χ3v) is 5.04. The van der Waals surface area contributed by atoms with Crippen molar-refractivity contribution in [3.8, 4) is 0 Å². The summed E-state index contributed by atoms with van der Waals surface area (Å²) in [6.45, 7) is 1.50. The normalized spacial score (nSPS) is 10.2. The van der Waals surface area contributed by atoms with Gasteiger partial charge in [0.1, 0.15) is 0 Å². The largest absolute Gasteiger partial charge is 0.462 e. The number of nitrogens with one attached hydrogen (secondary N) is 2. The fourth-order valence-electron chi connectivity index (χ4n) is 2.33. The molecule has 0 bridgehead atoms. The van der Waals surface area contributed by atoms with Crippen LogP contribution in [0.25, 0.3) is 0 Å². The number of carbonyl (C=O) groups excluding carboxylic acids is 4. The zero-order valence-corrected chi connectivity index (χ0v) is 18.9. The molecular formula is C21H20BrClN2O6. The number of ether oxygens (including phenoxy) is 2. The minimum Gasteiger partial charge on any atom is -0.462 e. The number of anilines is 2. The van der Waals surface area contributed by atoms with E-state index in [1.165, 1.54) is 12.1 Å². The molecule has 10 heteroatoms. The second-order valence-electron chi connectivity index (χ2n) is 6.18. The summed E-state index contributed by atoms with van der Waals surface area (Å²) in [5.41, 5.74) is 1.30. The first-order valence-corrected chi connectivity index (χ1v) is 10.4. The summed E-state index contributed by atoms with van der Waals surface area (Å²) in [5.74, 6) is -2.07. The Balaban J connectivity index is 1.70. The topological polar surface area (TPSA) is 111 Å². The molecule has 0 fully saturated rings. The molecule has 0 aromatic heterocycles. The van der Waals surface area contributed by atoms with Crippen LogP contribution in [0, 0.1) is 0 Å². The average molecular weight is 512 g/mol. The summed E-state index contributed by atoms with van der Waals surface area (Å²) >= 11 is 9.19. The van der Waals surface area contributed by atoms with Crippen LogP contribution in [-0.2, 0) is 23.9 Å². The van der Waals surface area contributed by atoms with E-state index in [0.717, 1.165) is 0 Å². The number of hydrogen-bond donors (Lipinski definition) is 2. The first-order chi connectivity index (χ1) is 14.8. The third kappa shape index (κ3) is 8.39. The van der Waals surface area contributed by atoms with E-state index in [2.05, 4.69) is 26.6 Å². The molecule has 2 amide bonds. The van der Waals surface area contributed by atoms with Gasteiger partial charge in [-0.05, 0) is 65.3 Å². The lowest BCUT2D eigenvalue weighted by Crippen LogP contribution is -2.21. The number of esters is 2. The van der Waals surface area contributed by atoms with Crippen LogP contribution in [0.4, 0.5) is 11.4 Å². The van der Waals surface area contributed by atoms with Crippen molar-refractivity contribution in [3.63, 3.8) is 0 Å². The number of benzene rings is 2. The highest BCUT2D eigenvalue weighted by atomic mass is 79.9. The minimum atomic E-state index is -0.684. The average Bonchev–Trinajstić information content (AvgIpc) is 2.74. The molecule has 0 saturated heterocycles. The fourth-order valence-corrected chi connectivity index (χ4v) is 2.76. The Morgan fingerprint density at radius 1 is 0.903 bits per heavy atom. The van der Waals surface area contributed by atoms with E-state index in [-0.39, 0.29) is 19.4 Å². The maximum atomic E-state index is 12.0. The quantitative estimate of drug-likeness (QED) is 0.489. The van der Waals surface area contributed by atoms with Crippen LogP contribution in [0.2, 0.25) is 5.02 Å². The Labute approximate surface area is 192 Å². The molecule has 8 nitrogen and oxygen atoms in total. The van der Waals surface area contributed by atoms with Gasteiger partial charge < -0.3 is 20.1 Å². The highest BCUT2D eigenvalue weighted by Crippen LogP contribution is 2.25. The second-order valence-corrected chi connectivity index (χ2v) is 7.45. The second kappa shape index (κ2) is 12.1. The van der Waals surface area contributed by atoms with Gasteiger partial charge in [-0.15, -0.1) is 0 Å². The van der Waals surface area contributed by atoms with Crippen molar-refractivity contribution in [2.75, 3.05) is 23.8 Å². The van der Waals surface area contributed by atoms with E-state index in [0.29, 0.717) is 26.4 Å². The van der Waals surface area contributed by atoms with Crippen molar-refractivity contribution in [1.82, 2.24) is 0 Å². The maximum absolute atomic E-state index is 12.0. The Bertz CT molecular complexity index is 965. The van der Waals surface area contributed by atoms with Crippen LogP contribution >= 0.6 is 27.5 Å². The van der Waals surface area contributed by atoms with Crippen molar-refractivity contribution in [3.05, 3.63) is 57.5 Å². The van der Waals surface area contributed by atoms with Crippen LogP contribution in [-0.4, -0.2) is 37.0 Å². The molecule has 0 atom stereocenters. The summed E-state index contributed by atoms with van der Waals surface area (Å²) in [4.78, 5) is 47.2. The van der Waals surface area contributed by atoms with Gasteiger partial charge in [-0.1, -0.05) is 11.6 Å². The molecule has 0 aliphatic heterocycles. The molecule has 0 heterocycles. The molecule has 2 aromatic carbocycles. The van der Waals surface area contributed by atoms with Gasteiger partial charge in [0.05, 0.1) is 23.6 Å². The predicted octanol–water partition coefficient (Wildman–Crippen LogP) is 4.18. The van der Waals surface area contributed by atoms with Gasteiger partial charge >= 0.3 is 11.9 Å². The van der Waals surface area contributed by atoms with Crippen LogP contribution in [0.15, 0.2) is 46.9 Å². The summed E-state index contributed by atoms with van der Waals surface area (Å²) in [6, 6.07) is 11.0. The highest BCUT2D eigenvalue weighted by Gasteiger charge is 2.12. The summed E-state index contributed by atoms with van der Waals surface area (Å²) < 4.78 is 10.4. The van der Waals surface area contributed by atoms with Gasteiger partial charge in [0.15, 0.2) is 6.61 Å². The molecule has 2 N–H and O–H groups in total. The number of hydrogen-bond acceptors (Lipinski definition) is 6. The van der Waals surface area contributed by atoms with Crippen molar-refractivity contribution in [2.24, 2.45) is 0 Å². The predicted molar refractivity (Wildman–Crippen MR) is 119 cm³/mol. The molecule has 2 rings (SSSR count). The number of carbonyl (C=O) groups is 4. The molecule has 31 heavy (non-hydrogen) atoms. The van der Waals surface area contributed by atoms with Gasteiger partial charge in [-0.2, -0.15) is 0 Å². The molecule has 0 aliphatic carbocycles. The first-order valence-electron chi connectivity index (χ1n) is 9.26. The monoisotopic (exact) mass is 510 g/mol. The van der Waals surface area contributed by atoms with Gasteiger partial charge in [0.2, 0.25) is 5.91 Å². The van der Waals surface area contributed by atoms with E-state index < -0.39 is 30.4 Å². The maximum Gasteiger partial charge on any atom is 0.338 e. The molecular weight excluding hydrogens is 492 g/mol. The zero-order chi connectivity index (χ0) is 22.8. The van der Waals surface area contributed by atoms with E-state index >= 15 is 0 Å². The van der Waals surface area contributed by atoms with Crippen LogP contribution in [0.1, 0.15) is 30.1 Å². The van der Waals surface area contributed by atoms with Gasteiger partial charge in [0.25, 0.3) is 5.91 Å². The summed E-state index contributed by atoms with van der Waals surface area (Å²) in [7, 11) is 0. The SMILES string of the molecule is CCOC(=O)c1ccc(NC(=O)CCC(=O)OCC(=O)Nc2ccc(Br)c(Cl)c2)cc1. The molecule has 0 aliphatic rings. The fraction of sp³-hybridized carbons (Fsp3) is 0.238. The van der Waals surface area contributed by atoms with Crippen LogP contribution in [0.5, 0.6) is 0 Å². The zero-order valence-electron chi connectivity index (χ0n) is 16.6. The number of rotatable bonds is 9. The molecule has 0 spiro atoms. The van der Waals surface area contributed by atoms with Gasteiger partial charge in [0, 0.05) is 22.3 Å². The van der Waals surface area contributed by atoms with Crippen molar-refractivity contribution in [1.29, 1.82) is 0 Å². The van der Waals surface area contributed by atoms with Crippen LogP contribution < -0.4 is 10.6 Å². The first kappa shape index (κ1) is 24.4. The number of amides is 2. The van der Waals surface area contributed by atoms with Crippen molar-refractivity contribution >= 4 is 62.7 Å². The van der Waals surface area contributed by atoms with E-state index in [9.17, 15) is 19.2 Å². The smallest absolute Gasteiger partial charge is 0.338 e. The summed E-state index contributed by atoms with van der Waals surface area (Å²) in [5, 5.41) is 5.59. The lowest BCUT2D eigenvalue weighted by Gasteiger charge is -2.08. The standard InChI is InChI=1S/C21H20BrClN2O6/c1-2-30-21(29)13-3-5-14(6-4-13)24-18(26)9-10-20(28)31-12-19(27)25-15-7-8-16(22)17(23)11-15/h3-8,11H,2,9-10,12H2,1H3,(H,24,26)(H,25,27). The van der Waals surface area contributed by atoms with E-state index in [1.807, 2.05) is 0 Å². The molecule has 164 valence electrons. The van der Waals surface area contributed by atoms with Crippen molar-refractivity contribution in [2.45, 2.75) is 19.8 Å². The Kier molecular flexibility index (Phi) is 9.48. The molecule has 0 saturated carbocycles. The van der Waals surface area contributed by atoms with E-state index in [4.69, 9.17) is 21.1 Å². The van der Waals surface area contributed by atoms with Crippen LogP contribution in [0.3, 0.4) is 0 Å². The highest BCUT2D eigenvalue weighted by molar-refractivity contribution is 9.10. The lowest BCUT2D eigenvalue weighted by molar-refractivity contribution is -0.147. The molecule has 2 aromatic rings. The minimum absolute atomic E-state index is 0.123.